The van der Waals surface area contributed by atoms with E-state index in [9.17, 15) is 9.36 Å². The number of carbonyl (C=O) groups is 1. The van der Waals surface area contributed by atoms with Crippen molar-refractivity contribution in [2.24, 2.45) is 0 Å². The van der Waals surface area contributed by atoms with E-state index in [1.807, 2.05) is 56.0 Å². The summed E-state index contributed by atoms with van der Waals surface area (Å²) in [5.41, 5.74) is 3.45. The van der Waals surface area contributed by atoms with Gasteiger partial charge in [-0.05, 0) is 71.2 Å². The standard InChI is InChI=1S/C34H45ClN7O4P/c1-34(2,3)46-33(43)42-19-17-40(18-20-42)23-12-15-41(16-13-23)28-11-10-27(30-24(28)14-21-45-30)38-32-36-22-25(35)31(39-32)37-26-8-6-7-9-29(26)47(4,5)44/h6-11,22-23H,12-21H2,1-5H3,(H2,36,37,38,39). The van der Waals surface area contributed by atoms with E-state index in [1.54, 1.807) is 19.5 Å². The highest BCUT2D eigenvalue weighted by Crippen LogP contribution is 2.42. The van der Waals surface area contributed by atoms with Gasteiger partial charge in [0.1, 0.15) is 23.5 Å². The lowest BCUT2D eigenvalue weighted by Gasteiger charge is -2.43. The van der Waals surface area contributed by atoms with Crippen molar-refractivity contribution in [1.29, 1.82) is 0 Å². The third-order valence-electron chi connectivity index (χ3n) is 8.85. The topological polar surface area (TPSA) is 112 Å². The number of amides is 1. The van der Waals surface area contributed by atoms with Crippen molar-refractivity contribution in [3.63, 3.8) is 0 Å². The minimum atomic E-state index is -2.53. The van der Waals surface area contributed by atoms with Gasteiger partial charge in [0.25, 0.3) is 0 Å². The Morgan fingerprint density at radius 2 is 1.72 bits per heavy atom. The Hall–Kier alpha value is -3.53. The molecule has 0 bridgehead atoms. The average Bonchev–Trinajstić information content (AvgIpc) is 3.53. The van der Waals surface area contributed by atoms with Gasteiger partial charge in [0.15, 0.2) is 5.82 Å². The van der Waals surface area contributed by atoms with E-state index in [4.69, 9.17) is 21.1 Å². The molecule has 11 nitrogen and oxygen atoms in total. The van der Waals surface area contributed by atoms with Crippen LogP contribution in [0, 0.1) is 0 Å². The van der Waals surface area contributed by atoms with Gasteiger partial charge in [-0.2, -0.15) is 4.98 Å². The molecular weight excluding hydrogens is 637 g/mol. The lowest BCUT2D eigenvalue weighted by Crippen LogP contribution is -2.55. The number of fused-ring (bicyclic) bond motifs is 1. The molecule has 4 heterocycles. The van der Waals surface area contributed by atoms with Crippen LogP contribution in [0.1, 0.15) is 39.2 Å². The fraction of sp³-hybridized carbons (Fsp3) is 0.500. The summed E-state index contributed by atoms with van der Waals surface area (Å²) in [6.07, 6.45) is 4.32. The van der Waals surface area contributed by atoms with Gasteiger partial charge in [-0.25, -0.2) is 9.78 Å². The number of ether oxygens (including phenoxy) is 2. The van der Waals surface area contributed by atoms with Crippen molar-refractivity contribution < 1.29 is 18.8 Å². The van der Waals surface area contributed by atoms with Gasteiger partial charge in [0.05, 0.1) is 24.2 Å². The van der Waals surface area contributed by atoms with Gasteiger partial charge in [-0.15, -0.1) is 0 Å². The van der Waals surface area contributed by atoms with Crippen molar-refractivity contribution in [1.82, 2.24) is 19.8 Å². The summed E-state index contributed by atoms with van der Waals surface area (Å²) in [7, 11) is -2.53. The van der Waals surface area contributed by atoms with E-state index in [0.29, 0.717) is 48.2 Å². The number of rotatable bonds is 7. The van der Waals surface area contributed by atoms with Gasteiger partial charge in [0.2, 0.25) is 5.95 Å². The Morgan fingerprint density at radius 3 is 2.43 bits per heavy atom. The number of carbonyl (C=O) groups excluding carboxylic acids is 1. The number of nitrogens with one attached hydrogen (secondary N) is 2. The SMILES string of the molecule is CC(C)(C)OC(=O)N1CCN(C2CCN(c3ccc(Nc4ncc(Cl)c(Nc5ccccc5P(C)(C)=O)n4)c4c3CCO4)CC2)CC1. The molecule has 0 spiro atoms. The molecule has 3 aliphatic rings. The second-order valence-corrected chi connectivity index (χ2v) is 17.4. The third kappa shape index (κ3) is 7.79. The Kier molecular flexibility index (Phi) is 9.61. The fourth-order valence-electron chi connectivity index (χ4n) is 6.55. The van der Waals surface area contributed by atoms with Crippen LogP contribution in [0.15, 0.2) is 42.6 Å². The first-order valence-electron chi connectivity index (χ1n) is 16.3. The summed E-state index contributed by atoms with van der Waals surface area (Å²) < 4.78 is 24.6. The molecule has 1 amide bonds. The van der Waals surface area contributed by atoms with E-state index >= 15 is 0 Å². The molecule has 0 radical (unpaired) electrons. The lowest BCUT2D eigenvalue weighted by atomic mass is 9.99. The molecule has 0 saturated carbocycles. The van der Waals surface area contributed by atoms with Crippen LogP contribution in [0.5, 0.6) is 5.75 Å². The predicted octanol–water partition coefficient (Wildman–Crippen LogP) is 6.32. The molecule has 2 aromatic carbocycles. The molecule has 47 heavy (non-hydrogen) atoms. The number of hydrogen-bond acceptors (Lipinski definition) is 10. The first-order chi connectivity index (χ1) is 22.4. The van der Waals surface area contributed by atoms with Gasteiger partial charge in [-0.3, -0.25) is 4.90 Å². The molecule has 6 rings (SSSR count). The average molecular weight is 682 g/mol. The maximum atomic E-state index is 12.9. The lowest BCUT2D eigenvalue weighted by molar-refractivity contribution is 0.00902. The van der Waals surface area contributed by atoms with Crippen LogP contribution in [0.3, 0.4) is 0 Å². The Labute approximate surface area is 282 Å². The van der Waals surface area contributed by atoms with Crippen LogP contribution in [0.25, 0.3) is 0 Å². The first kappa shape index (κ1) is 33.4. The maximum Gasteiger partial charge on any atom is 0.410 e. The number of anilines is 5. The largest absolute Gasteiger partial charge is 0.491 e. The number of piperazine rings is 1. The van der Waals surface area contributed by atoms with Crippen LogP contribution in [-0.2, 0) is 15.7 Å². The molecule has 13 heteroatoms. The first-order valence-corrected chi connectivity index (χ1v) is 19.3. The van der Waals surface area contributed by atoms with Crippen molar-refractivity contribution in [3.8, 4) is 5.75 Å². The summed E-state index contributed by atoms with van der Waals surface area (Å²) >= 11 is 6.48. The highest BCUT2D eigenvalue weighted by Gasteiger charge is 2.32. The quantitative estimate of drug-likeness (QED) is 0.275. The minimum Gasteiger partial charge on any atom is -0.491 e. The zero-order valence-electron chi connectivity index (χ0n) is 27.9. The molecule has 3 aliphatic heterocycles. The number of halogens is 1. The van der Waals surface area contributed by atoms with Crippen molar-refractivity contribution >= 4 is 59.0 Å². The zero-order chi connectivity index (χ0) is 33.3. The third-order valence-corrected chi connectivity index (χ3v) is 10.7. The van der Waals surface area contributed by atoms with Crippen LogP contribution in [0.4, 0.5) is 33.6 Å². The van der Waals surface area contributed by atoms with Crippen LogP contribution in [-0.4, -0.2) is 96.7 Å². The Morgan fingerprint density at radius 1 is 1.00 bits per heavy atom. The summed E-state index contributed by atoms with van der Waals surface area (Å²) in [6, 6.07) is 12.2. The maximum absolute atomic E-state index is 12.9. The van der Waals surface area contributed by atoms with Crippen LogP contribution >= 0.6 is 18.7 Å². The summed E-state index contributed by atoms with van der Waals surface area (Å²) in [5.74, 6) is 1.64. The van der Waals surface area contributed by atoms with E-state index in [1.165, 1.54) is 11.3 Å². The molecular formula is C34H45ClN7O4P. The normalized spacial score (nSPS) is 17.7. The van der Waals surface area contributed by atoms with E-state index in [0.717, 1.165) is 62.2 Å². The number of piperidine rings is 1. The fourth-order valence-corrected chi connectivity index (χ4v) is 7.85. The molecule has 2 N–H and O–H groups in total. The van der Waals surface area contributed by atoms with Crippen LogP contribution < -0.4 is 25.6 Å². The summed E-state index contributed by atoms with van der Waals surface area (Å²) in [4.78, 5) is 28.4. The van der Waals surface area contributed by atoms with E-state index in [2.05, 4.69) is 36.5 Å². The molecule has 3 aromatic rings. The van der Waals surface area contributed by atoms with Gasteiger partial charge < -0.3 is 34.5 Å². The summed E-state index contributed by atoms with van der Waals surface area (Å²) in [6.45, 7) is 14.9. The second kappa shape index (κ2) is 13.5. The van der Waals surface area contributed by atoms with Crippen molar-refractivity contribution in [3.05, 3.63) is 53.2 Å². The second-order valence-electron chi connectivity index (χ2n) is 13.8. The molecule has 2 saturated heterocycles. The Bertz CT molecular complexity index is 1660. The smallest absolute Gasteiger partial charge is 0.410 e. The molecule has 0 aliphatic carbocycles. The number of hydrogen-bond donors (Lipinski definition) is 2. The van der Waals surface area contributed by atoms with Crippen molar-refractivity contribution in [2.75, 3.05) is 74.7 Å². The molecule has 252 valence electrons. The number of nitrogens with zero attached hydrogens (tertiary/aromatic N) is 5. The molecule has 2 fully saturated rings. The molecule has 0 unspecified atom stereocenters. The molecule has 1 aromatic heterocycles. The predicted molar refractivity (Wildman–Crippen MR) is 189 cm³/mol. The highest BCUT2D eigenvalue weighted by atomic mass is 35.5. The van der Waals surface area contributed by atoms with Crippen LogP contribution in [0.2, 0.25) is 5.02 Å². The number of benzene rings is 2. The zero-order valence-corrected chi connectivity index (χ0v) is 29.5. The number of para-hydroxylation sites is 1. The monoisotopic (exact) mass is 681 g/mol. The van der Waals surface area contributed by atoms with Gasteiger partial charge in [0, 0.05) is 68.3 Å². The Balaban J connectivity index is 1.09. The van der Waals surface area contributed by atoms with Gasteiger partial charge in [-0.1, -0.05) is 23.7 Å². The number of aromatic nitrogens is 2. The molecule has 0 atom stereocenters. The summed E-state index contributed by atoms with van der Waals surface area (Å²) in [5, 5.41) is 7.70. The van der Waals surface area contributed by atoms with Gasteiger partial charge >= 0.3 is 6.09 Å². The van der Waals surface area contributed by atoms with Crippen molar-refractivity contribution in [2.45, 2.75) is 51.7 Å². The van der Waals surface area contributed by atoms with E-state index < -0.39 is 12.7 Å². The highest BCUT2D eigenvalue weighted by molar-refractivity contribution is 7.70. The van der Waals surface area contributed by atoms with E-state index in [-0.39, 0.29) is 6.09 Å². The minimum absolute atomic E-state index is 0.215.